The maximum absolute atomic E-state index is 12.6. The number of hydrogen-bond acceptors (Lipinski definition) is 6. The van der Waals surface area contributed by atoms with E-state index in [1.807, 2.05) is 67.5 Å². The van der Waals surface area contributed by atoms with Crippen LogP contribution in [0.5, 0.6) is 0 Å². The van der Waals surface area contributed by atoms with E-state index in [2.05, 4.69) is 10.6 Å². The zero-order valence-corrected chi connectivity index (χ0v) is 18.7. The van der Waals surface area contributed by atoms with E-state index < -0.39 is 36.7 Å². The quantitative estimate of drug-likeness (QED) is 0.426. The Bertz CT molecular complexity index is 964. The standard InChI is InChI=1S/C24H29N3O6/c1-27(2)12-11-20(22(29)25-21(13-28)23(30)31)26-24(32)33-14-19-17-9-5-3-7-15(17)16-8-4-6-10-18(16)19/h3-10,19-21,28H,11-14H2,1-2H3,(H,25,29)(H,26,32)(H,30,31)/t20?,21-/m0/s1. The molecule has 2 aromatic rings. The summed E-state index contributed by atoms with van der Waals surface area (Å²) in [4.78, 5) is 38.1. The van der Waals surface area contributed by atoms with Crippen molar-refractivity contribution >= 4 is 18.0 Å². The Morgan fingerprint density at radius 1 is 0.970 bits per heavy atom. The third-order valence-electron chi connectivity index (χ3n) is 5.61. The smallest absolute Gasteiger partial charge is 0.407 e. The van der Waals surface area contributed by atoms with Crippen molar-refractivity contribution in [1.82, 2.24) is 15.5 Å². The van der Waals surface area contributed by atoms with Gasteiger partial charge in [-0.25, -0.2) is 9.59 Å². The molecule has 0 saturated heterocycles. The Kier molecular flexibility index (Phi) is 8.02. The summed E-state index contributed by atoms with van der Waals surface area (Å²) >= 11 is 0. The number of aliphatic hydroxyl groups excluding tert-OH is 1. The number of fused-ring (bicyclic) bond motifs is 3. The molecule has 1 aliphatic carbocycles. The summed E-state index contributed by atoms with van der Waals surface area (Å²) in [6, 6.07) is 13.4. The Hall–Kier alpha value is -3.43. The van der Waals surface area contributed by atoms with Crippen LogP contribution >= 0.6 is 0 Å². The van der Waals surface area contributed by atoms with Gasteiger partial charge in [-0.05, 0) is 49.3 Å². The van der Waals surface area contributed by atoms with Crippen molar-refractivity contribution in [3.05, 3.63) is 59.7 Å². The minimum atomic E-state index is -1.45. The fraction of sp³-hybridized carbons (Fsp3) is 0.375. The van der Waals surface area contributed by atoms with Gasteiger partial charge in [0.15, 0.2) is 0 Å². The van der Waals surface area contributed by atoms with Gasteiger partial charge in [-0.15, -0.1) is 0 Å². The third kappa shape index (κ3) is 5.88. The van der Waals surface area contributed by atoms with Gasteiger partial charge >= 0.3 is 12.1 Å². The number of nitrogens with zero attached hydrogens (tertiary/aromatic N) is 1. The molecule has 1 aliphatic rings. The Balaban J connectivity index is 1.66. The van der Waals surface area contributed by atoms with Gasteiger partial charge in [-0.3, -0.25) is 4.79 Å². The SMILES string of the molecule is CN(C)CCC(NC(=O)OCC1c2ccccc2-c2ccccc21)C(=O)N[C@@H](CO)C(=O)O. The number of carboxylic acid groups (broad SMARTS) is 1. The highest BCUT2D eigenvalue weighted by Crippen LogP contribution is 2.44. The normalized spacial score (nSPS) is 14.2. The molecule has 9 nitrogen and oxygen atoms in total. The van der Waals surface area contributed by atoms with E-state index in [1.165, 1.54) is 0 Å². The van der Waals surface area contributed by atoms with E-state index in [-0.39, 0.29) is 18.9 Å². The Morgan fingerprint density at radius 3 is 2.06 bits per heavy atom. The van der Waals surface area contributed by atoms with Gasteiger partial charge < -0.3 is 30.5 Å². The van der Waals surface area contributed by atoms with Crippen LogP contribution in [0.1, 0.15) is 23.5 Å². The van der Waals surface area contributed by atoms with E-state index in [0.29, 0.717) is 6.54 Å². The Labute approximate surface area is 192 Å². The van der Waals surface area contributed by atoms with Crippen LogP contribution in [0.3, 0.4) is 0 Å². The van der Waals surface area contributed by atoms with E-state index in [1.54, 1.807) is 0 Å². The summed E-state index contributed by atoms with van der Waals surface area (Å²) in [6.07, 6.45) is -0.535. The predicted molar refractivity (Wildman–Crippen MR) is 122 cm³/mol. The largest absolute Gasteiger partial charge is 0.480 e. The molecular weight excluding hydrogens is 426 g/mol. The lowest BCUT2D eigenvalue weighted by Gasteiger charge is -2.22. The van der Waals surface area contributed by atoms with Gasteiger partial charge in [0, 0.05) is 5.92 Å². The zero-order valence-electron chi connectivity index (χ0n) is 18.7. The molecule has 2 atom stereocenters. The molecule has 0 bridgehead atoms. The van der Waals surface area contributed by atoms with Gasteiger partial charge in [0.2, 0.25) is 5.91 Å². The fourth-order valence-electron chi connectivity index (χ4n) is 3.90. The van der Waals surface area contributed by atoms with Crippen LogP contribution in [-0.4, -0.2) is 79.0 Å². The second-order valence-corrected chi connectivity index (χ2v) is 8.20. The van der Waals surface area contributed by atoms with E-state index >= 15 is 0 Å². The number of rotatable bonds is 10. The molecular formula is C24H29N3O6. The summed E-state index contributed by atoms with van der Waals surface area (Å²) < 4.78 is 5.50. The first-order valence-electron chi connectivity index (χ1n) is 10.7. The summed E-state index contributed by atoms with van der Waals surface area (Å²) in [5.74, 6) is -2.19. The molecule has 4 N–H and O–H groups in total. The van der Waals surface area contributed by atoms with Gasteiger partial charge in [-0.2, -0.15) is 0 Å². The molecule has 2 amide bonds. The number of benzene rings is 2. The van der Waals surface area contributed by atoms with Crippen molar-refractivity contribution in [3.8, 4) is 11.1 Å². The average Bonchev–Trinajstić information content (AvgIpc) is 3.12. The van der Waals surface area contributed by atoms with Crippen molar-refractivity contribution in [1.29, 1.82) is 0 Å². The monoisotopic (exact) mass is 455 g/mol. The number of carbonyl (C=O) groups excluding carboxylic acids is 2. The summed E-state index contributed by atoms with van der Waals surface area (Å²) in [5.41, 5.74) is 4.35. The van der Waals surface area contributed by atoms with Gasteiger partial charge in [0.25, 0.3) is 0 Å². The third-order valence-corrected chi connectivity index (χ3v) is 5.61. The van der Waals surface area contributed by atoms with E-state index in [9.17, 15) is 19.5 Å². The topological polar surface area (TPSA) is 128 Å². The molecule has 0 spiro atoms. The van der Waals surface area contributed by atoms with Crippen LogP contribution in [0.15, 0.2) is 48.5 Å². The molecule has 3 rings (SSSR count). The number of carboxylic acids is 1. The molecule has 33 heavy (non-hydrogen) atoms. The van der Waals surface area contributed by atoms with Gasteiger partial charge in [0.1, 0.15) is 18.7 Å². The lowest BCUT2D eigenvalue weighted by Crippen LogP contribution is -2.53. The molecule has 0 aliphatic heterocycles. The molecule has 0 aromatic heterocycles. The van der Waals surface area contributed by atoms with Crippen molar-refractivity contribution in [2.24, 2.45) is 0 Å². The molecule has 0 fully saturated rings. The predicted octanol–water partition coefficient (Wildman–Crippen LogP) is 1.41. The Morgan fingerprint density at radius 2 is 1.55 bits per heavy atom. The number of amides is 2. The van der Waals surface area contributed by atoms with E-state index in [0.717, 1.165) is 22.3 Å². The number of hydrogen-bond donors (Lipinski definition) is 4. The molecule has 176 valence electrons. The maximum atomic E-state index is 12.6. The molecule has 2 aromatic carbocycles. The van der Waals surface area contributed by atoms with Crippen LogP contribution in [-0.2, 0) is 14.3 Å². The fourth-order valence-corrected chi connectivity index (χ4v) is 3.90. The molecule has 0 radical (unpaired) electrons. The average molecular weight is 456 g/mol. The van der Waals surface area contributed by atoms with E-state index in [4.69, 9.17) is 9.84 Å². The number of carbonyl (C=O) groups is 3. The first-order chi connectivity index (χ1) is 15.8. The first-order valence-corrected chi connectivity index (χ1v) is 10.7. The van der Waals surface area contributed by atoms with Crippen LogP contribution in [0.4, 0.5) is 4.79 Å². The summed E-state index contributed by atoms with van der Waals surface area (Å²) in [6.45, 7) is -0.193. The number of aliphatic hydroxyl groups is 1. The number of nitrogens with one attached hydrogen (secondary N) is 2. The van der Waals surface area contributed by atoms with Gasteiger partial charge in [0.05, 0.1) is 6.61 Å². The lowest BCUT2D eigenvalue weighted by molar-refractivity contribution is -0.143. The first kappa shape index (κ1) is 24.2. The van der Waals surface area contributed by atoms with Crippen LogP contribution in [0.2, 0.25) is 0 Å². The molecule has 0 saturated carbocycles. The molecule has 0 heterocycles. The zero-order chi connectivity index (χ0) is 24.0. The van der Waals surface area contributed by atoms with Crippen molar-refractivity contribution in [2.75, 3.05) is 33.9 Å². The second kappa shape index (κ2) is 10.9. The lowest BCUT2D eigenvalue weighted by atomic mass is 9.98. The highest BCUT2D eigenvalue weighted by Gasteiger charge is 2.30. The molecule has 9 heteroatoms. The summed E-state index contributed by atoms with van der Waals surface area (Å²) in [7, 11) is 3.63. The van der Waals surface area contributed by atoms with Crippen LogP contribution in [0, 0.1) is 0 Å². The maximum Gasteiger partial charge on any atom is 0.407 e. The number of alkyl carbamates (subject to hydrolysis) is 1. The van der Waals surface area contributed by atoms with Crippen LogP contribution < -0.4 is 10.6 Å². The number of ether oxygens (including phenoxy) is 1. The highest BCUT2D eigenvalue weighted by atomic mass is 16.5. The minimum absolute atomic E-state index is 0.0935. The van der Waals surface area contributed by atoms with Crippen LogP contribution in [0.25, 0.3) is 11.1 Å². The van der Waals surface area contributed by atoms with Gasteiger partial charge in [-0.1, -0.05) is 48.5 Å². The van der Waals surface area contributed by atoms with Crippen molar-refractivity contribution in [3.63, 3.8) is 0 Å². The highest BCUT2D eigenvalue weighted by molar-refractivity contribution is 5.89. The summed E-state index contributed by atoms with van der Waals surface area (Å²) in [5, 5.41) is 23.0. The second-order valence-electron chi connectivity index (χ2n) is 8.20. The number of aliphatic carboxylic acids is 1. The van der Waals surface area contributed by atoms with Crippen molar-refractivity contribution in [2.45, 2.75) is 24.4 Å². The van der Waals surface area contributed by atoms with Crippen molar-refractivity contribution < 1.29 is 29.3 Å². The molecule has 1 unspecified atom stereocenters. The minimum Gasteiger partial charge on any atom is -0.480 e.